The zero-order chi connectivity index (χ0) is 12.7. The van der Waals surface area contributed by atoms with Crippen molar-refractivity contribution in [2.45, 2.75) is 4.90 Å². The maximum atomic E-state index is 12.0. The Morgan fingerprint density at radius 3 is 2.76 bits per heavy atom. The van der Waals surface area contributed by atoms with Gasteiger partial charge in [0, 0.05) is 23.1 Å². The van der Waals surface area contributed by atoms with Crippen LogP contribution in [0.3, 0.4) is 0 Å². The Hall–Kier alpha value is -0.0400. The van der Waals surface area contributed by atoms with Gasteiger partial charge in [-0.25, -0.2) is 8.42 Å². The summed E-state index contributed by atoms with van der Waals surface area (Å²) >= 11 is 4.86. The van der Waals surface area contributed by atoms with Crippen LogP contribution in [0.2, 0.25) is 0 Å². The van der Waals surface area contributed by atoms with Gasteiger partial charge in [-0.2, -0.15) is 11.8 Å². The molecule has 1 aromatic carbocycles. The van der Waals surface area contributed by atoms with Crippen LogP contribution in [0.5, 0.6) is 0 Å². The molecule has 1 aromatic rings. The number of halogens is 1. The third-order valence-electron chi connectivity index (χ3n) is 2.08. The molecule has 0 amide bonds. The molecule has 0 bridgehead atoms. The zero-order valence-corrected chi connectivity index (χ0v) is 12.8. The fourth-order valence-electron chi connectivity index (χ4n) is 1.19. The van der Waals surface area contributed by atoms with E-state index in [9.17, 15) is 8.42 Å². The number of sulfone groups is 1. The highest BCUT2D eigenvalue weighted by atomic mass is 79.9. The van der Waals surface area contributed by atoms with Gasteiger partial charge in [-0.3, -0.25) is 0 Å². The van der Waals surface area contributed by atoms with Crippen molar-refractivity contribution in [2.75, 3.05) is 31.0 Å². The second-order valence-corrected chi connectivity index (χ2v) is 7.63. The van der Waals surface area contributed by atoms with Gasteiger partial charge in [-0.15, -0.1) is 0 Å². The Morgan fingerprint density at radius 2 is 2.12 bits per heavy atom. The second kappa shape index (κ2) is 7.41. The molecule has 1 rings (SSSR count). The molecule has 96 valence electrons. The largest absolute Gasteiger partial charge is 0.384 e. The summed E-state index contributed by atoms with van der Waals surface area (Å²) in [4.78, 5) is 0.374. The minimum Gasteiger partial charge on any atom is -0.384 e. The van der Waals surface area contributed by atoms with Gasteiger partial charge in [0.1, 0.15) is 0 Å². The van der Waals surface area contributed by atoms with E-state index in [1.54, 1.807) is 37.1 Å². The molecule has 6 heteroatoms. The van der Waals surface area contributed by atoms with Crippen molar-refractivity contribution >= 4 is 37.5 Å². The highest BCUT2D eigenvalue weighted by Gasteiger charge is 2.13. The lowest BCUT2D eigenvalue weighted by atomic mass is 10.4. The molecule has 0 heterocycles. The van der Waals surface area contributed by atoms with Crippen LogP contribution in [0, 0.1) is 0 Å². The van der Waals surface area contributed by atoms with E-state index in [2.05, 4.69) is 15.9 Å². The first kappa shape index (κ1) is 15.0. The molecule has 0 aliphatic rings. The Bertz CT molecular complexity index is 446. The summed E-state index contributed by atoms with van der Waals surface area (Å²) in [5, 5.41) is 0. The molecule has 0 N–H and O–H groups in total. The van der Waals surface area contributed by atoms with Crippen LogP contribution >= 0.6 is 27.7 Å². The van der Waals surface area contributed by atoms with E-state index in [1.165, 1.54) is 0 Å². The highest BCUT2D eigenvalue weighted by molar-refractivity contribution is 9.10. The normalized spacial score (nSPS) is 11.6. The Kier molecular flexibility index (Phi) is 6.54. The molecule has 0 spiro atoms. The Balaban J connectivity index is 2.51. The summed E-state index contributed by atoms with van der Waals surface area (Å²) in [6.07, 6.45) is 0. The molecule has 0 aliphatic carbocycles. The third-order valence-corrected chi connectivity index (χ3v) is 5.50. The van der Waals surface area contributed by atoms with Crippen LogP contribution in [0.4, 0.5) is 0 Å². The lowest BCUT2D eigenvalue weighted by Gasteiger charge is -2.04. The third kappa shape index (κ3) is 5.42. The summed E-state index contributed by atoms with van der Waals surface area (Å²) < 4.78 is 29.6. The van der Waals surface area contributed by atoms with Crippen molar-refractivity contribution < 1.29 is 13.2 Å². The lowest BCUT2D eigenvalue weighted by molar-refractivity contribution is 0.218. The lowest BCUT2D eigenvalue weighted by Crippen LogP contribution is -2.09. The standard InChI is InChI=1S/C11H15BrO3S2/c1-15-5-6-16-7-8-17(13,14)11-4-2-3-10(12)9-11/h2-4,9H,5-8H2,1H3. The Morgan fingerprint density at radius 1 is 1.35 bits per heavy atom. The number of hydrogen-bond donors (Lipinski definition) is 0. The molecular formula is C11H15BrO3S2. The van der Waals surface area contributed by atoms with E-state index in [0.29, 0.717) is 17.3 Å². The number of ether oxygens (including phenoxy) is 1. The van der Waals surface area contributed by atoms with Gasteiger partial charge in [0.25, 0.3) is 0 Å². The molecule has 0 atom stereocenters. The van der Waals surface area contributed by atoms with E-state index in [0.717, 1.165) is 10.2 Å². The van der Waals surface area contributed by atoms with Gasteiger partial charge in [0.15, 0.2) is 9.84 Å². The van der Waals surface area contributed by atoms with Crippen molar-refractivity contribution in [1.29, 1.82) is 0 Å². The first-order valence-corrected chi connectivity index (χ1v) is 8.71. The van der Waals surface area contributed by atoms with Gasteiger partial charge < -0.3 is 4.74 Å². The van der Waals surface area contributed by atoms with Gasteiger partial charge in [-0.1, -0.05) is 22.0 Å². The molecule has 0 unspecified atom stereocenters. The average Bonchev–Trinajstić information content (AvgIpc) is 2.29. The quantitative estimate of drug-likeness (QED) is 0.717. The van der Waals surface area contributed by atoms with Crippen LogP contribution in [0.15, 0.2) is 33.6 Å². The fourth-order valence-corrected chi connectivity index (χ4v) is 4.41. The predicted octanol–water partition coefficient (Wildman–Crippen LogP) is 2.60. The number of hydrogen-bond acceptors (Lipinski definition) is 4. The molecule has 0 saturated carbocycles. The van der Waals surface area contributed by atoms with Crippen molar-refractivity contribution in [2.24, 2.45) is 0 Å². The van der Waals surface area contributed by atoms with Crippen LogP contribution in [-0.4, -0.2) is 39.4 Å². The molecule has 0 aromatic heterocycles. The maximum Gasteiger partial charge on any atom is 0.179 e. The summed E-state index contributed by atoms with van der Waals surface area (Å²) in [7, 11) is -1.52. The zero-order valence-electron chi connectivity index (χ0n) is 9.56. The average molecular weight is 339 g/mol. The number of methoxy groups -OCH3 is 1. The van der Waals surface area contributed by atoms with Crippen molar-refractivity contribution in [3.05, 3.63) is 28.7 Å². The van der Waals surface area contributed by atoms with Crippen LogP contribution < -0.4 is 0 Å². The highest BCUT2D eigenvalue weighted by Crippen LogP contribution is 2.18. The number of rotatable bonds is 7. The van der Waals surface area contributed by atoms with E-state index >= 15 is 0 Å². The van der Waals surface area contributed by atoms with Crippen molar-refractivity contribution in [1.82, 2.24) is 0 Å². The molecule has 0 fully saturated rings. The maximum absolute atomic E-state index is 12.0. The van der Waals surface area contributed by atoms with Gasteiger partial charge in [0.2, 0.25) is 0 Å². The molecule has 0 aliphatic heterocycles. The predicted molar refractivity (Wildman–Crippen MR) is 75.4 cm³/mol. The summed E-state index contributed by atoms with van der Waals surface area (Å²) in [6.45, 7) is 0.654. The molecule has 0 radical (unpaired) electrons. The summed E-state index contributed by atoms with van der Waals surface area (Å²) in [5.41, 5.74) is 0. The molecule has 3 nitrogen and oxygen atoms in total. The molecule has 0 saturated heterocycles. The molecule has 17 heavy (non-hydrogen) atoms. The van der Waals surface area contributed by atoms with Gasteiger partial charge >= 0.3 is 0 Å². The topological polar surface area (TPSA) is 43.4 Å². The summed E-state index contributed by atoms with van der Waals surface area (Å²) in [6, 6.07) is 6.80. The van der Waals surface area contributed by atoms with Crippen LogP contribution in [0.1, 0.15) is 0 Å². The minimum atomic E-state index is -3.16. The first-order valence-electron chi connectivity index (χ1n) is 5.11. The van der Waals surface area contributed by atoms with E-state index < -0.39 is 9.84 Å². The van der Waals surface area contributed by atoms with Crippen LogP contribution in [0.25, 0.3) is 0 Å². The fraction of sp³-hybridized carbons (Fsp3) is 0.455. The number of thioether (sulfide) groups is 1. The van der Waals surface area contributed by atoms with Crippen molar-refractivity contribution in [3.63, 3.8) is 0 Å². The van der Waals surface area contributed by atoms with Crippen LogP contribution in [-0.2, 0) is 14.6 Å². The second-order valence-electron chi connectivity index (χ2n) is 3.38. The van der Waals surface area contributed by atoms with E-state index in [1.807, 2.05) is 6.07 Å². The van der Waals surface area contributed by atoms with Gasteiger partial charge in [-0.05, 0) is 18.2 Å². The van der Waals surface area contributed by atoms with E-state index in [4.69, 9.17) is 4.74 Å². The minimum absolute atomic E-state index is 0.165. The summed E-state index contributed by atoms with van der Waals surface area (Å²) in [5.74, 6) is 1.58. The Labute approximate surface area is 115 Å². The first-order chi connectivity index (χ1) is 8.06. The smallest absolute Gasteiger partial charge is 0.179 e. The van der Waals surface area contributed by atoms with Crippen molar-refractivity contribution in [3.8, 4) is 0 Å². The monoisotopic (exact) mass is 338 g/mol. The number of benzene rings is 1. The van der Waals surface area contributed by atoms with E-state index in [-0.39, 0.29) is 5.75 Å². The van der Waals surface area contributed by atoms with Gasteiger partial charge in [0.05, 0.1) is 17.3 Å². The SMILES string of the molecule is COCCSCCS(=O)(=O)c1cccc(Br)c1. The molecular weight excluding hydrogens is 324 g/mol.